The van der Waals surface area contributed by atoms with Crippen LogP contribution >= 0.6 is 0 Å². The van der Waals surface area contributed by atoms with Gasteiger partial charge in [-0.1, -0.05) is 26.2 Å². The van der Waals surface area contributed by atoms with Gasteiger partial charge in [0.15, 0.2) is 0 Å². The number of urea groups is 1. The van der Waals surface area contributed by atoms with Crippen LogP contribution in [-0.2, 0) is 0 Å². The van der Waals surface area contributed by atoms with Crippen LogP contribution in [0.3, 0.4) is 0 Å². The zero-order valence-electron chi connectivity index (χ0n) is 10.1. The number of hydrogen-bond donors (Lipinski definition) is 1. The number of carbonyl (C=O) groups excluding carboxylic acids is 1. The van der Waals surface area contributed by atoms with Crippen molar-refractivity contribution in [2.75, 3.05) is 20.1 Å². The summed E-state index contributed by atoms with van der Waals surface area (Å²) in [7, 11) is 1.90. The minimum Gasteiger partial charge on any atom is -0.338 e. The van der Waals surface area contributed by atoms with E-state index >= 15 is 0 Å². The lowest BCUT2D eigenvalue weighted by atomic mass is 9.89. The van der Waals surface area contributed by atoms with Gasteiger partial charge in [0.05, 0.1) is 0 Å². The van der Waals surface area contributed by atoms with Crippen LogP contribution in [0, 0.1) is 5.92 Å². The minimum atomic E-state index is 0.0856. The van der Waals surface area contributed by atoms with Crippen LogP contribution in [0.25, 0.3) is 0 Å². The molecule has 1 rings (SSSR count). The Labute approximate surface area is 93.2 Å². The van der Waals surface area contributed by atoms with Gasteiger partial charge in [-0.15, -0.1) is 0 Å². The highest BCUT2D eigenvalue weighted by molar-refractivity contribution is 5.73. The molecule has 2 amide bonds. The zero-order chi connectivity index (χ0) is 11.1. The fourth-order valence-corrected chi connectivity index (χ4v) is 2.21. The third-order valence-corrected chi connectivity index (χ3v) is 3.13. The minimum absolute atomic E-state index is 0.0856. The van der Waals surface area contributed by atoms with E-state index < -0.39 is 0 Å². The molecular weight excluding hydrogens is 188 g/mol. The number of rotatable bonds is 4. The number of carbonyl (C=O) groups is 1. The molecule has 0 aromatic rings. The average Bonchev–Trinajstić information content (AvgIpc) is 2.27. The molecule has 0 spiro atoms. The van der Waals surface area contributed by atoms with Crippen molar-refractivity contribution in [2.45, 2.75) is 45.4 Å². The van der Waals surface area contributed by atoms with Gasteiger partial charge in [0.1, 0.15) is 0 Å². The Bertz CT molecular complexity index is 188. The molecule has 3 nitrogen and oxygen atoms in total. The predicted octanol–water partition coefficient (Wildman–Crippen LogP) is 2.62. The van der Waals surface area contributed by atoms with E-state index in [4.69, 9.17) is 0 Å². The Morgan fingerprint density at radius 1 is 1.33 bits per heavy atom. The molecule has 1 aliphatic carbocycles. The Morgan fingerprint density at radius 3 is 2.60 bits per heavy atom. The Kier molecular flexibility index (Phi) is 5.51. The van der Waals surface area contributed by atoms with Gasteiger partial charge in [-0.3, -0.25) is 0 Å². The van der Waals surface area contributed by atoms with Gasteiger partial charge >= 0.3 is 6.03 Å². The molecule has 0 radical (unpaired) electrons. The van der Waals surface area contributed by atoms with Gasteiger partial charge in [-0.2, -0.15) is 0 Å². The maximum absolute atomic E-state index is 11.6. The molecule has 1 aliphatic rings. The predicted molar refractivity (Wildman–Crippen MR) is 62.9 cm³/mol. The lowest BCUT2D eigenvalue weighted by Crippen LogP contribution is -2.40. The van der Waals surface area contributed by atoms with Crippen molar-refractivity contribution in [2.24, 2.45) is 5.92 Å². The Morgan fingerprint density at radius 2 is 2.00 bits per heavy atom. The molecule has 1 fully saturated rings. The zero-order valence-corrected chi connectivity index (χ0v) is 10.1. The van der Waals surface area contributed by atoms with Crippen molar-refractivity contribution < 1.29 is 4.79 Å². The van der Waals surface area contributed by atoms with Crippen LogP contribution in [0.4, 0.5) is 4.79 Å². The van der Waals surface area contributed by atoms with E-state index in [2.05, 4.69) is 12.2 Å². The smallest absolute Gasteiger partial charge is 0.317 e. The van der Waals surface area contributed by atoms with Crippen molar-refractivity contribution in [1.82, 2.24) is 10.2 Å². The molecule has 15 heavy (non-hydrogen) atoms. The molecule has 0 heterocycles. The van der Waals surface area contributed by atoms with Gasteiger partial charge in [0, 0.05) is 20.1 Å². The number of hydrogen-bond acceptors (Lipinski definition) is 1. The molecule has 0 saturated heterocycles. The normalized spacial score (nSPS) is 17.5. The van der Waals surface area contributed by atoms with Gasteiger partial charge < -0.3 is 10.2 Å². The molecule has 0 aromatic carbocycles. The Balaban J connectivity index is 2.20. The first-order valence-electron chi connectivity index (χ1n) is 6.23. The lowest BCUT2D eigenvalue weighted by molar-refractivity contribution is 0.192. The third-order valence-electron chi connectivity index (χ3n) is 3.13. The van der Waals surface area contributed by atoms with Crippen LogP contribution in [0.2, 0.25) is 0 Å². The molecule has 0 aliphatic heterocycles. The summed E-state index contributed by atoms with van der Waals surface area (Å²) in [5, 5.41) is 2.91. The molecule has 88 valence electrons. The quantitative estimate of drug-likeness (QED) is 0.763. The maximum atomic E-state index is 11.6. The standard InChI is InChI=1S/C12H24N2O/c1-3-9-13-12(15)14(2)10-11-7-5-4-6-8-11/h11H,3-10H2,1-2H3,(H,13,15). The molecule has 0 aromatic heterocycles. The van der Waals surface area contributed by atoms with Crippen molar-refractivity contribution in [3.8, 4) is 0 Å². The largest absolute Gasteiger partial charge is 0.338 e. The summed E-state index contributed by atoms with van der Waals surface area (Å²) in [5.41, 5.74) is 0. The van der Waals surface area contributed by atoms with Crippen molar-refractivity contribution in [1.29, 1.82) is 0 Å². The topological polar surface area (TPSA) is 32.3 Å². The summed E-state index contributed by atoms with van der Waals surface area (Å²) in [5.74, 6) is 0.733. The van der Waals surface area contributed by atoms with Gasteiger partial charge in [0.25, 0.3) is 0 Å². The van der Waals surface area contributed by atoms with Gasteiger partial charge in [-0.05, 0) is 25.2 Å². The fraction of sp³-hybridized carbons (Fsp3) is 0.917. The van der Waals surface area contributed by atoms with Crippen LogP contribution < -0.4 is 5.32 Å². The second kappa shape index (κ2) is 6.70. The second-order valence-corrected chi connectivity index (χ2v) is 4.62. The van der Waals surface area contributed by atoms with Crippen LogP contribution in [-0.4, -0.2) is 31.1 Å². The first kappa shape index (κ1) is 12.3. The lowest BCUT2D eigenvalue weighted by Gasteiger charge is -2.27. The SMILES string of the molecule is CCCNC(=O)N(C)CC1CCCCC1. The van der Waals surface area contributed by atoms with E-state index in [0.29, 0.717) is 0 Å². The molecule has 1 N–H and O–H groups in total. The highest BCUT2D eigenvalue weighted by Crippen LogP contribution is 2.23. The van der Waals surface area contributed by atoms with Crippen LogP contribution in [0.5, 0.6) is 0 Å². The van der Waals surface area contributed by atoms with Crippen molar-refractivity contribution in [3.05, 3.63) is 0 Å². The number of nitrogens with one attached hydrogen (secondary N) is 1. The first-order chi connectivity index (χ1) is 7.24. The first-order valence-corrected chi connectivity index (χ1v) is 6.23. The van der Waals surface area contributed by atoms with Gasteiger partial charge in [-0.25, -0.2) is 4.79 Å². The van der Waals surface area contributed by atoms with E-state index in [-0.39, 0.29) is 6.03 Å². The number of amides is 2. The Hall–Kier alpha value is -0.730. The molecule has 0 bridgehead atoms. The molecule has 0 unspecified atom stereocenters. The fourth-order valence-electron chi connectivity index (χ4n) is 2.21. The highest BCUT2D eigenvalue weighted by Gasteiger charge is 2.17. The van der Waals surface area contributed by atoms with E-state index in [1.54, 1.807) is 0 Å². The van der Waals surface area contributed by atoms with E-state index in [0.717, 1.165) is 25.4 Å². The third kappa shape index (κ3) is 4.54. The summed E-state index contributed by atoms with van der Waals surface area (Å²) in [6, 6.07) is 0.0856. The number of nitrogens with zero attached hydrogens (tertiary/aromatic N) is 1. The van der Waals surface area contributed by atoms with E-state index in [1.165, 1.54) is 32.1 Å². The average molecular weight is 212 g/mol. The van der Waals surface area contributed by atoms with Crippen LogP contribution in [0.15, 0.2) is 0 Å². The maximum Gasteiger partial charge on any atom is 0.317 e. The molecular formula is C12H24N2O. The molecule has 3 heteroatoms. The van der Waals surface area contributed by atoms with E-state index in [9.17, 15) is 4.79 Å². The molecule has 1 saturated carbocycles. The summed E-state index contributed by atoms with van der Waals surface area (Å²) in [6.07, 6.45) is 7.66. The summed E-state index contributed by atoms with van der Waals surface area (Å²) >= 11 is 0. The molecule has 0 atom stereocenters. The highest BCUT2D eigenvalue weighted by atomic mass is 16.2. The monoisotopic (exact) mass is 212 g/mol. The van der Waals surface area contributed by atoms with Crippen molar-refractivity contribution in [3.63, 3.8) is 0 Å². The summed E-state index contributed by atoms with van der Waals surface area (Å²) < 4.78 is 0. The van der Waals surface area contributed by atoms with E-state index in [1.807, 2.05) is 11.9 Å². The summed E-state index contributed by atoms with van der Waals surface area (Å²) in [4.78, 5) is 13.4. The van der Waals surface area contributed by atoms with Crippen LogP contribution in [0.1, 0.15) is 45.4 Å². The second-order valence-electron chi connectivity index (χ2n) is 4.62. The van der Waals surface area contributed by atoms with Gasteiger partial charge in [0.2, 0.25) is 0 Å². The summed E-state index contributed by atoms with van der Waals surface area (Å²) in [6.45, 7) is 3.78. The van der Waals surface area contributed by atoms with Crippen molar-refractivity contribution >= 4 is 6.03 Å².